The number of hydrogen-bond donors (Lipinski definition) is 1. The maximum Gasteiger partial charge on any atom is 0.325 e. The SMILES string of the molecule is CCOc1ccc(N2C(=O)NC3CC2(C)Oc2c3cc(C(C)(C)C)cc2C(C)(C)C)cc1. The van der Waals surface area contributed by atoms with Crippen LogP contribution in [-0.4, -0.2) is 18.4 Å². The second kappa shape index (κ2) is 7.43. The first-order chi connectivity index (χ1) is 14.8. The van der Waals surface area contributed by atoms with Crippen LogP contribution in [0.3, 0.4) is 0 Å². The molecule has 5 heteroatoms. The zero-order chi connectivity index (χ0) is 23.5. The fraction of sp³-hybridized carbons (Fsp3) is 0.519. The Morgan fingerprint density at radius 2 is 1.75 bits per heavy atom. The van der Waals surface area contributed by atoms with E-state index >= 15 is 0 Å². The first kappa shape index (κ1) is 22.5. The third-order valence-corrected chi connectivity index (χ3v) is 6.45. The molecule has 1 saturated heterocycles. The molecular weight excluding hydrogens is 400 g/mol. The molecule has 2 aromatic carbocycles. The van der Waals surface area contributed by atoms with E-state index in [1.807, 2.05) is 38.1 Å². The van der Waals surface area contributed by atoms with E-state index < -0.39 is 5.72 Å². The number of nitrogens with one attached hydrogen (secondary N) is 1. The molecule has 2 aromatic rings. The highest BCUT2D eigenvalue weighted by molar-refractivity contribution is 5.95. The standard InChI is InChI=1S/C27H36N2O3/c1-9-31-19-12-10-18(11-13-19)29-24(30)28-22-16-27(29,8)32-23-20(22)14-17(25(2,3)4)15-21(23)26(5,6)7/h10-15,22H,9,16H2,1-8H3,(H,28,30). The van der Waals surface area contributed by atoms with Gasteiger partial charge in [0.2, 0.25) is 0 Å². The van der Waals surface area contributed by atoms with E-state index in [0.717, 1.165) is 22.7 Å². The minimum absolute atomic E-state index is 0.00278. The Balaban J connectivity index is 1.82. The van der Waals surface area contributed by atoms with Crippen LogP contribution in [0, 0.1) is 0 Å². The van der Waals surface area contributed by atoms with Crippen molar-refractivity contribution in [2.24, 2.45) is 0 Å². The molecule has 2 unspecified atom stereocenters. The fourth-order valence-corrected chi connectivity index (χ4v) is 4.71. The lowest BCUT2D eigenvalue weighted by Crippen LogP contribution is -2.65. The van der Waals surface area contributed by atoms with Crippen molar-refractivity contribution in [1.82, 2.24) is 5.32 Å². The van der Waals surface area contributed by atoms with Crippen molar-refractivity contribution in [3.8, 4) is 11.5 Å². The topological polar surface area (TPSA) is 50.8 Å². The van der Waals surface area contributed by atoms with Gasteiger partial charge in [0.15, 0.2) is 5.72 Å². The summed E-state index contributed by atoms with van der Waals surface area (Å²) >= 11 is 0. The Bertz CT molecular complexity index is 1030. The number of nitrogens with zero attached hydrogens (tertiary/aromatic N) is 1. The second-order valence-electron chi connectivity index (χ2n) is 11.2. The molecule has 1 fully saturated rings. The van der Waals surface area contributed by atoms with Crippen LogP contribution in [0.15, 0.2) is 36.4 Å². The van der Waals surface area contributed by atoms with Gasteiger partial charge >= 0.3 is 6.03 Å². The molecule has 2 amide bonds. The summed E-state index contributed by atoms with van der Waals surface area (Å²) in [5.74, 6) is 1.69. The molecule has 2 heterocycles. The summed E-state index contributed by atoms with van der Waals surface area (Å²) in [7, 11) is 0. The summed E-state index contributed by atoms with van der Waals surface area (Å²) < 4.78 is 12.3. The van der Waals surface area contributed by atoms with Gasteiger partial charge < -0.3 is 14.8 Å². The summed E-state index contributed by atoms with van der Waals surface area (Å²) in [6, 6.07) is 11.9. The molecule has 0 aromatic heterocycles. The van der Waals surface area contributed by atoms with Gasteiger partial charge in [-0.15, -0.1) is 0 Å². The maximum atomic E-state index is 13.3. The van der Waals surface area contributed by atoms with E-state index in [1.54, 1.807) is 4.90 Å². The summed E-state index contributed by atoms with van der Waals surface area (Å²) in [6.45, 7) is 17.9. The van der Waals surface area contributed by atoms with Crippen molar-refractivity contribution in [3.63, 3.8) is 0 Å². The Morgan fingerprint density at radius 3 is 2.31 bits per heavy atom. The molecule has 0 aliphatic carbocycles. The van der Waals surface area contributed by atoms with E-state index in [2.05, 4.69) is 59.0 Å². The van der Waals surface area contributed by atoms with Gasteiger partial charge in [-0.3, -0.25) is 4.90 Å². The number of carbonyl (C=O) groups excluding carboxylic acids is 1. The van der Waals surface area contributed by atoms with Crippen molar-refractivity contribution in [2.45, 2.75) is 84.4 Å². The number of benzene rings is 2. The van der Waals surface area contributed by atoms with Crippen molar-refractivity contribution in [1.29, 1.82) is 0 Å². The van der Waals surface area contributed by atoms with Crippen LogP contribution in [0.2, 0.25) is 0 Å². The number of fused-ring (bicyclic) bond motifs is 4. The van der Waals surface area contributed by atoms with E-state index in [4.69, 9.17) is 9.47 Å². The summed E-state index contributed by atoms with van der Waals surface area (Å²) in [4.78, 5) is 15.0. The Morgan fingerprint density at radius 1 is 1.09 bits per heavy atom. The number of carbonyl (C=O) groups is 1. The normalized spacial score (nSPS) is 22.7. The van der Waals surface area contributed by atoms with Crippen LogP contribution in [0.5, 0.6) is 11.5 Å². The van der Waals surface area contributed by atoms with Gasteiger partial charge in [0.1, 0.15) is 11.5 Å². The summed E-state index contributed by atoms with van der Waals surface area (Å²) in [6.07, 6.45) is 0.677. The van der Waals surface area contributed by atoms with E-state index in [-0.39, 0.29) is 22.9 Å². The molecule has 2 aliphatic rings. The molecule has 2 aliphatic heterocycles. The Labute approximate surface area is 192 Å². The average Bonchev–Trinajstić information content (AvgIpc) is 2.66. The lowest BCUT2D eigenvalue weighted by molar-refractivity contribution is 0.0358. The number of amides is 2. The lowest BCUT2D eigenvalue weighted by atomic mass is 9.76. The number of hydrogen-bond acceptors (Lipinski definition) is 3. The van der Waals surface area contributed by atoms with Gasteiger partial charge in [-0.2, -0.15) is 0 Å². The highest BCUT2D eigenvalue weighted by Gasteiger charge is 2.51. The molecule has 0 spiro atoms. The predicted octanol–water partition coefficient (Wildman–Crippen LogP) is 6.45. The largest absolute Gasteiger partial charge is 0.494 e. The van der Waals surface area contributed by atoms with Crippen molar-refractivity contribution < 1.29 is 14.3 Å². The molecule has 0 saturated carbocycles. The van der Waals surface area contributed by atoms with Crippen LogP contribution >= 0.6 is 0 Å². The second-order valence-corrected chi connectivity index (χ2v) is 11.2. The van der Waals surface area contributed by atoms with E-state index in [0.29, 0.717) is 13.0 Å². The quantitative estimate of drug-likeness (QED) is 0.601. The third kappa shape index (κ3) is 3.82. The molecule has 2 atom stereocenters. The van der Waals surface area contributed by atoms with Gasteiger partial charge in [-0.05, 0) is 60.6 Å². The predicted molar refractivity (Wildman–Crippen MR) is 129 cm³/mol. The van der Waals surface area contributed by atoms with Crippen molar-refractivity contribution >= 4 is 11.7 Å². The van der Waals surface area contributed by atoms with Gasteiger partial charge in [-0.1, -0.05) is 47.6 Å². The molecule has 4 rings (SSSR count). The molecular formula is C27H36N2O3. The van der Waals surface area contributed by atoms with Crippen LogP contribution < -0.4 is 19.7 Å². The molecule has 172 valence electrons. The minimum atomic E-state index is -0.781. The lowest BCUT2D eigenvalue weighted by Gasteiger charge is -2.51. The third-order valence-electron chi connectivity index (χ3n) is 6.45. The minimum Gasteiger partial charge on any atom is -0.494 e. The fourth-order valence-electron chi connectivity index (χ4n) is 4.71. The average molecular weight is 437 g/mol. The monoisotopic (exact) mass is 436 g/mol. The Kier molecular flexibility index (Phi) is 5.22. The maximum absolute atomic E-state index is 13.3. The van der Waals surface area contributed by atoms with Crippen LogP contribution in [0.25, 0.3) is 0 Å². The summed E-state index contributed by atoms with van der Waals surface area (Å²) in [5.41, 5.74) is 3.44. The van der Waals surface area contributed by atoms with Gasteiger partial charge in [0.05, 0.1) is 12.6 Å². The molecule has 0 radical (unpaired) electrons. The number of anilines is 1. The smallest absolute Gasteiger partial charge is 0.325 e. The highest BCUT2D eigenvalue weighted by atomic mass is 16.5. The van der Waals surface area contributed by atoms with Crippen molar-refractivity contribution in [3.05, 3.63) is 53.1 Å². The zero-order valence-electron chi connectivity index (χ0n) is 20.6. The number of urea groups is 1. The first-order valence-corrected chi connectivity index (χ1v) is 11.5. The molecule has 1 N–H and O–H groups in total. The number of ether oxygens (including phenoxy) is 2. The molecule has 32 heavy (non-hydrogen) atoms. The number of rotatable bonds is 3. The Hall–Kier alpha value is -2.69. The zero-order valence-corrected chi connectivity index (χ0v) is 20.6. The molecule has 5 nitrogen and oxygen atoms in total. The molecule has 2 bridgehead atoms. The van der Waals surface area contributed by atoms with Gasteiger partial charge in [0.25, 0.3) is 0 Å². The summed E-state index contributed by atoms with van der Waals surface area (Å²) in [5, 5.41) is 3.25. The highest BCUT2D eigenvalue weighted by Crippen LogP contribution is 2.50. The van der Waals surface area contributed by atoms with Crippen LogP contribution in [0.4, 0.5) is 10.5 Å². The van der Waals surface area contributed by atoms with Gasteiger partial charge in [0, 0.05) is 23.2 Å². The van der Waals surface area contributed by atoms with E-state index in [9.17, 15) is 4.79 Å². The van der Waals surface area contributed by atoms with Gasteiger partial charge in [-0.25, -0.2) is 4.79 Å². The van der Waals surface area contributed by atoms with E-state index in [1.165, 1.54) is 11.1 Å². The van der Waals surface area contributed by atoms with Crippen molar-refractivity contribution in [2.75, 3.05) is 11.5 Å². The van der Waals surface area contributed by atoms with Crippen LogP contribution in [-0.2, 0) is 10.8 Å². The van der Waals surface area contributed by atoms with Crippen LogP contribution in [0.1, 0.15) is 84.5 Å². The first-order valence-electron chi connectivity index (χ1n) is 11.5.